The molecule has 0 spiro atoms. The molecule has 0 radical (unpaired) electrons. The molecule has 0 aromatic carbocycles. The monoisotopic (exact) mass is 219 g/mol. The van der Waals surface area contributed by atoms with Crippen molar-refractivity contribution in [3.63, 3.8) is 0 Å². The van der Waals surface area contributed by atoms with Gasteiger partial charge in [0.15, 0.2) is 4.87 Å². The molecule has 1 rings (SSSR count). The van der Waals surface area contributed by atoms with Crippen LogP contribution in [-0.2, 0) is 14.3 Å². The zero-order valence-corrected chi connectivity index (χ0v) is 8.89. The second-order valence-electron chi connectivity index (χ2n) is 3.10. The summed E-state index contributed by atoms with van der Waals surface area (Å²) in [4.78, 5) is 21.2. The summed E-state index contributed by atoms with van der Waals surface area (Å²) in [7, 11) is 0. The van der Waals surface area contributed by atoms with E-state index < -0.39 is 22.9 Å². The van der Waals surface area contributed by atoms with Gasteiger partial charge in [-0.15, -0.1) is 11.8 Å². The number of aliphatic carboxylic acids is 1. The number of hydrogen-bond acceptors (Lipinski definition) is 5. The molecule has 1 heterocycles. The molecule has 80 valence electrons. The number of hydrogen-bond donors (Lipinski definition) is 2. The maximum absolute atomic E-state index is 11.4. The smallest absolute Gasteiger partial charge is 0.336 e. The van der Waals surface area contributed by atoms with Gasteiger partial charge in [-0.05, 0) is 13.8 Å². The number of carboxylic acid groups (broad SMARTS) is 1. The van der Waals surface area contributed by atoms with Crippen LogP contribution in [0.15, 0.2) is 0 Å². The summed E-state index contributed by atoms with van der Waals surface area (Å²) in [6, 6.07) is -0.672. The summed E-state index contributed by atoms with van der Waals surface area (Å²) in [6.45, 7) is 3.66. The van der Waals surface area contributed by atoms with Crippen LogP contribution in [0.4, 0.5) is 0 Å². The molecular formula is C8H13NO4S. The molecule has 0 saturated carbocycles. The van der Waals surface area contributed by atoms with E-state index >= 15 is 0 Å². The molecule has 0 aromatic rings. The van der Waals surface area contributed by atoms with Gasteiger partial charge in [-0.25, -0.2) is 4.79 Å². The number of thioether (sulfide) groups is 1. The first-order valence-corrected chi connectivity index (χ1v) is 5.30. The second-order valence-corrected chi connectivity index (χ2v) is 4.54. The molecular weight excluding hydrogens is 206 g/mol. The lowest BCUT2D eigenvalue weighted by atomic mass is 10.2. The van der Waals surface area contributed by atoms with Crippen molar-refractivity contribution < 1.29 is 19.4 Å². The fraction of sp³-hybridized carbons (Fsp3) is 0.750. The van der Waals surface area contributed by atoms with E-state index in [1.165, 1.54) is 11.8 Å². The predicted octanol–water partition coefficient (Wildman–Crippen LogP) is 0.0553. The molecule has 0 amide bonds. The van der Waals surface area contributed by atoms with Crippen LogP contribution < -0.4 is 5.32 Å². The van der Waals surface area contributed by atoms with Crippen LogP contribution in [0.25, 0.3) is 0 Å². The van der Waals surface area contributed by atoms with E-state index in [2.05, 4.69) is 5.32 Å². The third-order valence-corrected chi connectivity index (χ3v) is 3.31. The van der Waals surface area contributed by atoms with Gasteiger partial charge in [-0.2, -0.15) is 0 Å². The lowest BCUT2D eigenvalue weighted by Crippen LogP contribution is -2.49. The summed E-state index contributed by atoms with van der Waals surface area (Å²) in [5.74, 6) is -0.968. The number of ether oxygens (including phenoxy) is 1. The summed E-state index contributed by atoms with van der Waals surface area (Å²) in [5.41, 5.74) is 0. The molecule has 2 atom stereocenters. The minimum atomic E-state index is -0.939. The Kier molecular flexibility index (Phi) is 3.38. The zero-order valence-electron chi connectivity index (χ0n) is 8.07. The van der Waals surface area contributed by atoms with Crippen molar-refractivity contribution in [3.05, 3.63) is 0 Å². The highest BCUT2D eigenvalue weighted by Gasteiger charge is 2.45. The summed E-state index contributed by atoms with van der Waals surface area (Å²) >= 11 is 1.26. The molecule has 0 aromatic heterocycles. The van der Waals surface area contributed by atoms with Gasteiger partial charge >= 0.3 is 11.9 Å². The molecule has 1 fully saturated rings. The molecule has 14 heavy (non-hydrogen) atoms. The average molecular weight is 219 g/mol. The maximum Gasteiger partial charge on any atom is 0.336 e. The molecule has 1 aliphatic heterocycles. The van der Waals surface area contributed by atoms with E-state index in [-0.39, 0.29) is 0 Å². The number of carbonyl (C=O) groups excluding carboxylic acids is 1. The van der Waals surface area contributed by atoms with Crippen molar-refractivity contribution in [2.45, 2.75) is 24.8 Å². The fourth-order valence-electron chi connectivity index (χ4n) is 1.19. The van der Waals surface area contributed by atoms with Gasteiger partial charge in [0.1, 0.15) is 6.04 Å². The van der Waals surface area contributed by atoms with E-state index in [0.29, 0.717) is 12.4 Å². The number of esters is 1. The van der Waals surface area contributed by atoms with Crippen LogP contribution in [0.1, 0.15) is 13.8 Å². The predicted molar refractivity (Wildman–Crippen MR) is 52.1 cm³/mol. The van der Waals surface area contributed by atoms with Crippen molar-refractivity contribution >= 4 is 23.7 Å². The van der Waals surface area contributed by atoms with Crippen molar-refractivity contribution in [1.82, 2.24) is 5.32 Å². The van der Waals surface area contributed by atoms with Gasteiger partial charge in [-0.1, -0.05) is 0 Å². The van der Waals surface area contributed by atoms with Crippen molar-refractivity contribution in [3.8, 4) is 0 Å². The number of nitrogens with one attached hydrogen (secondary N) is 1. The van der Waals surface area contributed by atoms with Gasteiger partial charge in [0.25, 0.3) is 0 Å². The first-order chi connectivity index (χ1) is 6.49. The molecule has 6 heteroatoms. The van der Waals surface area contributed by atoms with Crippen LogP contribution in [0, 0.1) is 0 Å². The minimum absolute atomic E-state index is 0.300. The molecule has 0 bridgehead atoms. The lowest BCUT2D eigenvalue weighted by molar-refractivity contribution is -0.147. The standard InChI is InChI=1S/C8H13NO4S/c1-3-13-7(12)8(2)9-5(4-14-8)6(10)11/h5,9H,3-4H2,1-2H3,(H,10,11)/t5-,8-/m0/s1. The topological polar surface area (TPSA) is 75.6 Å². The summed E-state index contributed by atoms with van der Waals surface area (Å²) < 4.78 is 4.84. The van der Waals surface area contributed by atoms with E-state index in [4.69, 9.17) is 9.84 Å². The highest BCUT2D eigenvalue weighted by atomic mass is 32.2. The Morgan fingerprint density at radius 1 is 1.71 bits per heavy atom. The Bertz CT molecular complexity index is 258. The van der Waals surface area contributed by atoms with Crippen molar-refractivity contribution in [1.29, 1.82) is 0 Å². The van der Waals surface area contributed by atoms with Crippen LogP contribution >= 0.6 is 11.8 Å². The summed E-state index contributed by atoms with van der Waals surface area (Å²) in [5, 5.41) is 11.5. The van der Waals surface area contributed by atoms with Gasteiger partial charge in [0.2, 0.25) is 0 Å². The number of carboxylic acids is 1. The first-order valence-electron chi connectivity index (χ1n) is 4.31. The van der Waals surface area contributed by atoms with Crippen LogP contribution in [-0.4, -0.2) is 40.3 Å². The number of rotatable bonds is 3. The highest BCUT2D eigenvalue weighted by molar-refractivity contribution is 8.01. The van der Waals surface area contributed by atoms with Gasteiger partial charge in [-0.3, -0.25) is 10.1 Å². The Labute approximate surface area is 86.2 Å². The Morgan fingerprint density at radius 3 is 2.79 bits per heavy atom. The molecule has 5 nitrogen and oxygen atoms in total. The van der Waals surface area contributed by atoms with Gasteiger partial charge in [0, 0.05) is 5.75 Å². The van der Waals surface area contributed by atoms with Crippen LogP contribution in [0.5, 0.6) is 0 Å². The van der Waals surface area contributed by atoms with E-state index in [0.717, 1.165) is 0 Å². The Hall–Kier alpha value is -0.750. The largest absolute Gasteiger partial charge is 0.480 e. The van der Waals surface area contributed by atoms with E-state index in [1.807, 2.05) is 0 Å². The van der Waals surface area contributed by atoms with Gasteiger partial charge in [0.05, 0.1) is 6.61 Å². The normalized spacial score (nSPS) is 31.4. The average Bonchev–Trinajstić information content (AvgIpc) is 2.50. The van der Waals surface area contributed by atoms with Crippen LogP contribution in [0.2, 0.25) is 0 Å². The van der Waals surface area contributed by atoms with E-state index in [9.17, 15) is 9.59 Å². The third-order valence-electron chi connectivity index (χ3n) is 1.95. The Balaban J connectivity index is 2.61. The SMILES string of the molecule is CCOC(=O)[C@@]1(C)N[C@H](C(=O)O)CS1. The molecule has 2 N–H and O–H groups in total. The van der Waals surface area contributed by atoms with Crippen molar-refractivity contribution in [2.24, 2.45) is 0 Å². The third kappa shape index (κ3) is 2.19. The summed E-state index contributed by atoms with van der Waals surface area (Å²) in [6.07, 6.45) is 0. The molecule has 0 aliphatic carbocycles. The number of carbonyl (C=O) groups is 2. The lowest BCUT2D eigenvalue weighted by Gasteiger charge is -2.21. The molecule has 1 aliphatic rings. The minimum Gasteiger partial charge on any atom is -0.480 e. The Morgan fingerprint density at radius 2 is 2.36 bits per heavy atom. The highest BCUT2D eigenvalue weighted by Crippen LogP contribution is 2.31. The molecule has 1 saturated heterocycles. The van der Waals surface area contributed by atoms with Crippen molar-refractivity contribution in [2.75, 3.05) is 12.4 Å². The quantitative estimate of drug-likeness (QED) is 0.653. The second kappa shape index (κ2) is 4.18. The van der Waals surface area contributed by atoms with Crippen LogP contribution in [0.3, 0.4) is 0 Å². The maximum atomic E-state index is 11.4. The molecule has 0 unspecified atom stereocenters. The fourth-order valence-corrected chi connectivity index (χ4v) is 2.31. The van der Waals surface area contributed by atoms with E-state index in [1.54, 1.807) is 13.8 Å². The zero-order chi connectivity index (χ0) is 10.8. The first kappa shape index (κ1) is 11.3. The van der Waals surface area contributed by atoms with Gasteiger partial charge < -0.3 is 9.84 Å².